The van der Waals surface area contributed by atoms with Crippen molar-refractivity contribution in [2.75, 3.05) is 18.4 Å². The van der Waals surface area contributed by atoms with E-state index in [9.17, 15) is 18.0 Å². The first-order valence-corrected chi connectivity index (χ1v) is 12.1. The summed E-state index contributed by atoms with van der Waals surface area (Å²) in [5, 5.41) is 6.72. The molecule has 3 aromatic rings. The van der Waals surface area contributed by atoms with Crippen LogP contribution in [0.2, 0.25) is 5.02 Å². The number of rotatable bonds is 5. The van der Waals surface area contributed by atoms with Crippen LogP contribution in [0.5, 0.6) is 0 Å². The van der Waals surface area contributed by atoms with Gasteiger partial charge in [0.25, 0.3) is 0 Å². The Labute approximate surface area is 212 Å². The Hall–Kier alpha value is -2.91. The van der Waals surface area contributed by atoms with Crippen LogP contribution in [0.25, 0.3) is 11.4 Å². The molecule has 192 valence electrons. The molecule has 0 saturated carbocycles. The van der Waals surface area contributed by atoms with Gasteiger partial charge in [0.15, 0.2) is 0 Å². The second-order valence-electron chi connectivity index (χ2n) is 10.1. The van der Waals surface area contributed by atoms with Crippen LogP contribution in [0.3, 0.4) is 0 Å². The molecule has 2 heterocycles. The van der Waals surface area contributed by atoms with Gasteiger partial charge in [0.2, 0.25) is 17.6 Å². The fraction of sp³-hybridized carbons (Fsp3) is 0.423. The highest BCUT2D eigenvalue weighted by atomic mass is 35.5. The maximum Gasteiger partial charge on any atom is 0.416 e. The molecule has 1 aliphatic heterocycles. The third-order valence-corrected chi connectivity index (χ3v) is 6.68. The van der Waals surface area contributed by atoms with Gasteiger partial charge >= 0.3 is 6.18 Å². The molecule has 0 radical (unpaired) electrons. The van der Waals surface area contributed by atoms with Crippen molar-refractivity contribution in [3.63, 3.8) is 0 Å². The Bertz CT molecular complexity index is 1210. The molecule has 4 rings (SSSR count). The van der Waals surface area contributed by atoms with Crippen LogP contribution in [0.15, 0.2) is 47.0 Å². The number of hydrogen-bond acceptors (Lipinski definition) is 5. The van der Waals surface area contributed by atoms with Crippen molar-refractivity contribution in [2.24, 2.45) is 5.92 Å². The van der Waals surface area contributed by atoms with Crippen molar-refractivity contribution < 1.29 is 22.5 Å². The number of amides is 1. The van der Waals surface area contributed by atoms with E-state index < -0.39 is 11.7 Å². The number of alkyl halides is 3. The molecule has 1 aliphatic rings. The van der Waals surface area contributed by atoms with Crippen LogP contribution in [-0.2, 0) is 22.9 Å². The zero-order valence-corrected chi connectivity index (χ0v) is 21.1. The number of hydrogen-bond donors (Lipinski definition) is 1. The third kappa shape index (κ3) is 6.25. The SMILES string of the molecule is CC(C)(C)c1ccc(-c2noc(CN3CCC(C(=O)Nc4cc(C(F)(F)F)ccc4Cl)CC3)n2)cc1. The summed E-state index contributed by atoms with van der Waals surface area (Å²) >= 11 is 6.00. The summed E-state index contributed by atoms with van der Waals surface area (Å²) in [7, 11) is 0. The summed E-state index contributed by atoms with van der Waals surface area (Å²) in [6, 6.07) is 11.0. The Morgan fingerprint density at radius 1 is 1.08 bits per heavy atom. The highest BCUT2D eigenvalue weighted by Gasteiger charge is 2.32. The quantitative estimate of drug-likeness (QED) is 0.412. The monoisotopic (exact) mass is 520 g/mol. The maximum absolute atomic E-state index is 13.0. The minimum atomic E-state index is -4.51. The number of nitrogens with one attached hydrogen (secondary N) is 1. The van der Waals surface area contributed by atoms with E-state index in [1.54, 1.807) is 0 Å². The number of nitrogens with zero attached hydrogens (tertiary/aromatic N) is 3. The Kier molecular flexibility index (Phi) is 7.43. The van der Waals surface area contributed by atoms with Gasteiger partial charge in [-0.05, 0) is 55.1 Å². The van der Waals surface area contributed by atoms with Crippen molar-refractivity contribution in [1.29, 1.82) is 0 Å². The standard InChI is InChI=1S/C26H28ClF3N4O2/c1-25(2,3)18-6-4-16(5-7-18)23-32-22(36-33-23)15-34-12-10-17(11-13-34)24(35)31-21-14-19(26(28,29)30)8-9-20(21)27/h4-9,14,17H,10-13,15H2,1-3H3,(H,31,35). The molecule has 0 aliphatic carbocycles. The second kappa shape index (κ2) is 10.2. The van der Waals surface area contributed by atoms with Crippen molar-refractivity contribution in [2.45, 2.75) is 51.7 Å². The zero-order valence-electron chi connectivity index (χ0n) is 20.3. The van der Waals surface area contributed by atoms with Gasteiger partial charge in [-0.3, -0.25) is 9.69 Å². The van der Waals surface area contributed by atoms with Crippen LogP contribution in [0.4, 0.5) is 18.9 Å². The molecule has 1 saturated heterocycles. The molecular weight excluding hydrogens is 493 g/mol. The Morgan fingerprint density at radius 2 is 1.72 bits per heavy atom. The summed E-state index contributed by atoms with van der Waals surface area (Å²) in [6.07, 6.45) is -3.41. The number of halogens is 4. The number of benzene rings is 2. The van der Waals surface area contributed by atoms with E-state index in [1.807, 2.05) is 12.1 Å². The van der Waals surface area contributed by atoms with E-state index in [0.29, 0.717) is 44.2 Å². The average Bonchev–Trinajstić information content (AvgIpc) is 3.28. The first kappa shape index (κ1) is 26.2. The number of piperidine rings is 1. The van der Waals surface area contributed by atoms with Gasteiger partial charge in [-0.1, -0.05) is 61.8 Å². The summed E-state index contributed by atoms with van der Waals surface area (Å²) in [6.45, 7) is 8.16. The van der Waals surface area contributed by atoms with Crippen molar-refractivity contribution in [1.82, 2.24) is 15.0 Å². The van der Waals surface area contributed by atoms with Gasteiger partial charge in [-0.15, -0.1) is 0 Å². The fourth-order valence-corrected chi connectivity index (χ4v) is 4.30. The van der Waals surface area contributed by atoms with E-state index >= 15 is 0 Å². The van der Waals surface area contributed by atoms with E-state index in [0.717, 1.165) is 23.8 Å². The topological polar surface area (TPSA) is 71.3 Å². The molecule has 0 spiro atoms. The van der Waals surface area contributed by atoms with E-state index in [4.69, 9.17) is 16.1 Å². The normalized spacial score (nSPS) is 15.8. The molecule has 1 aromatic heterocycles. The summed E-state index contributed by atoms with van der Waals surface area (Å²) in [5.41, 5.74) is 1.26. The lowest BCUT2D eigenvalue weighted by Crippen LogP contribution is -2.37. The number of aromatic nitrogens is 2. The molecule has 0 unspecified atom stereocenters. The van der Waals surface area contributed by atoms with Gasteiger partial charge in [0, 0.05) is 11.5 Å². The van der Waals surface area contributed by atoms with Crippen LogP contribution < -0.4 is 5.32 Å². The third-order valence-electron chi connectivity index (χ3n) is 6.35. The van der Waals surface area contributed by atoms with Gasteiger partial charge in [-0.25, -0.2) is 0 Å². The smallest absolute Gasteiger partial charge is 0.338 e. The maximum atomic E-state index is 13.0. The van der Waals surface area contributed by atoms with Crippen molar-refractivity contribution in [3.8, 4) is 11.4 Å². The molecule has 1 N–H and O–H groups in total. The van der Waals surface area contributed by atoms with Crippen LogP contribution in [-0.4, -0.2) is 34.0 Å². The molecule has 0 bridgehead atoms. The predicted molar refractivity (Wildman–Crippen MR) is 132 cm³/mol. The van der Waals surface area contributed by atoms with Crippen molar-refractivity contribution >= 4 is 23.2 Å². The lowest BCUT2D eigenvalue weighted by atomic mass is 9.87. The van der Waals surface area contributed by atoms with Gasteiger partial charge in [0.05, 0.1) is 22.8 Å². The molecular formula is C26H28ClF3N4O2. The lowest BCUT2D eigenvalue weighted by Gasteiger charge is -2.30. The van der Waals surface area contributed by atoms with Gasteiger partial charge in [0.1, 0.15) is 0 Å². The number of anilines is 1. The molecule has 1 amide bonds. The van der Waals surface area contributed by atoms with E-state index in [-0.39, 0.29) is 28.0 Å². The molecule has 10 heteroatoms. The molecule has 2 aromatic carbocycles. The van der Waals surface area contributed by atoms with Crippen molar-refractivity contribution in [3.05, 3.63) is 64.5 Å². The molecule has 1 fully saturated rings. The van der Waals surface area contributed by atoms with Crippen LogP contribution in [0, 0.1) is 5.92 Å². The van der Waals surface area contributed by atoms with Crippen LogP contribution >= 0.6 is 11.6 Å². The average molecular weight is 521 g/mol. The highest BCUT2D eigenvalue weighted by molar-refractivity contribution is 6.33. The summed E-state index contributed by atoms with van der Waals surface area (Å²) in [4.78, 5) is 19.3. The Morgan fingerprint density at radius 3 is 2.33 bits per heavy atom. The number of carbonyl (C=O) groups is 1. The molecule has 0 atom stereocenters. The minimum absolute atomic E-state index is 0.0344. The first-order valence-electron chi connectivity index (χ1n) is 11.7. The van der Waals surface area contributed by atoms with E-state index in [1.165, 1.54) is 5.56 Å². The predicted octanol–water partition coefficient (Wildman–Crippen LogP) is 6.56. The number of carbonyl (C=O) groups excluding carboxylic acids is 1. The number of likely N-dealkylation sites (tertiary alicyclic amines) is 1. The summed E-state index contributed by atoms with van der Waals surface area (Å²) < 4.78 is 44.4. The Balaban J connectivity index is 1.31. The van der Waals surface area contributed by atoms with Gasteiger partial charge < -0.3 is 9.84 Å². The molecule has 36 heavy (non-hydrogen) atoms. The van der Waals surface area contributed by atoms with E-state index in [2.05, 4.69) is 53.3 Å². The van der Waals surface area contributed by atoms with Crippen LogP contribution in [0.1, 0.15) is 50.6 Å². The summed E-state index contributed by atoms with van der Waals surface area (Å²) in [5.74, 6) is 0.349. The zero-order chi connectivity index (χ0) is 26.1. The first-order chi connectivity index (χ1) is 16.9. The minimum Gasteiger partial charge on any atom is -0.338 e. The largest absolute Gasteiger partial charge is 0.416 e. The highest BCUT2D eigenvalue weighted by Crippen LogP contribution is 2.34. The lowest BCUT2D eigenvalue weighted by molar-refractivity contribution is -0.137. The van der Waals surface area contributed by atoms with Gasteiger partial charge in [-0.2, -0.15) is 18.2 Å². The molecule has 6 nitrogen and oxygen atoms in total. The second-order valence-corrected chi connectivity index (χ2v) is 10.5. The fourth-order valence-electron chi connectivity index (χ4n) is 4.13.